The van der Waals surface area contributed by atoms with E-state index in [1.807, 2.05) is 41.8 Å². The smallest absolute Gasteiger partial charge is 0.256 e. The number of rotatable bonds is 4. The molecule has 0 spiro atoms. The Labute approximate surface area is 142 Å². The molecule has 3 rings (SSSR count). The van der Waals surface area contributed by atoms with Gasteiger partial charge in [-0.05, 0) is 45.2 Å². The van der Waals surface area contributed by atoms with E-state index in [0.717, 1.165) is 30.9 Å². The zero-order chi connectivity index (χ0) is 16.2. The Kier molecular flexibility index (Phi) is 5.62. The molecule has 3 atom stereocenters. The number of carbonyl (C=O) groups is 1. The number of carbonyl (C=O) groups excluding carboxylic acids is 1. The number of ether oxygens (including phenoxy) is 2. The average molecular weight is 335 g/mol. The van der Waals surface area contributed by atoms with Crippen LogP contribution in [0.4, 0.5) is 5.69 Å². The van der Waals surface area contributed by atoms with Gasteiger partial charge in [0, 0.05) is 23.3 Å². The highest BCUT2D eigenvalue weighted by molar-refractivity contribution is 7.99. The Morgan fingerprint density at radius 1 is 1.43 bits per heavy atom. The number of hydrogen-bond acceptors (Lipinski definition) is 4. The maximum atomic E-state index is 12.9. The fourth-order valence-corrected chi connectivity index (χ4v) is 4.15. The van der Waals surface area contributed by atoms with Crippen molar-refractivity contribution >= 4 is 23.4 Å². The van der Waals surface area contributed by atoms with Gasteiger partial charge in [-0.2, -0.15) is 0 Å². The third-order valence-corrected chi connectivity index (χ3v) is 5.74. The fraction of sp³-hybridized carbons (Fsp3) is 0.611. The number of anilines is 1. The largest absolute Gasteiger partial charge is 0.376 e. The highest BCUT2D eigenvalue weighted by Crippen LogP contribution is 2.37. The molecule has 1 aromatic rings. The molecule has 0 unspecified atom stereocenters. The minimum Gasteiger partial charge on any atom is -0.376 e. The Balaban J connectivity index is 1.64. The molecule has 0 bridgehead atoms. The first kappa shape index (κ1) is 16.8. The van der Waals surface area contributed by atoms with E-state index >= 15 is 0 Å². The van der Waals surface area contributed by atoms with Crippen molar-refractivity contribution in [1.82, 2.24) is 0 Å². The fourth-order valence-electron chi connectivity index (χ4n) is 3.09. The molecular formula is C18H25NO3S. The highest BCUT2D eigenvalue weighted by atomic mass is 32.2. The summed E-state index contributed by atoms with van der Waals surface area (Å²) in [6, 6.07) is 8.28. The molecule has 2 aliphatic heterocycles. The molecule has 4 nitrogen and oxygen atoms in total. The van der Waals surface area contributed by atoms with Crippen LogP contribution in [0.1, 0.15) is 33.1 Å². The SMILES string of the molecule is C[C@H](OC[C@@H]1CCCCO1)C(=O)N1c2ccccc2SC[C@@H]1C. The van der Waals surface area contributed by atoms with Gasteiger partial charge in [0.15, 0.2) is 0 Å². The third-order valence-electron chi connectivity index (χ3n) is 4.44. The predicted molar refractivity (Wildman–Crippen MR) is 93.1 cm³/mol. The van der Waals surface area contributed by atoms with Crippen molar-refractivity contribution < 1.29 is 14.3 Å². The number of fused-ring (bicyclic) bond motifs is 1. The molecule has 5 heteroatoms. The number of benzene rings is 1. The molecule has 0 N–H and O–H groups in total. The zero-order valence-corrected chi connectivity index (χ0v) is 14.7. The first-order chi connectivity index (χ1) is 11.2. The summed E-state index contributed by atoms with van der Waals surface area (Å²) in [7, 11) is 0. The molecule has 0 aromatic heterocycles. The van der Waals surface area contributed by atoms with Crippen LogP contribution in [0.5, 0.6) is 0 Å². The van der Waals surface area contributed by atoms with Gasteiger partial charge in [0.05, 0.1) is 18.4 Å². The minimum absolute atomic E-state index is 0.0426. The monoisotopic (exact) mass is 335 g/mol. The van der Waals surface area contributed by atoms with Crippen LogP contribution in [0.15, 0.2) is 29.2 Å². The van der Waals surface area contributed by atoms with E-state index in [4.69, 9.17) is 9.47 Å². The molecule has 0 saturated carbocycles. The number of nitrogens with zero attached hydrogens (tertiary/aromatic N) is 1. The Hall–Kier alpha value is -1.04. The van der Waals surface area contributed by atoms with Crippen LogP contribution >= 0.6 is 11.8 Å². The van der Waals surface area contributed by atoms with E-state index in [1.54, 1.807) is 0 Å². The number of thioether (sulfide) groups is 1. The molecule has 23 heavy (non-hydrogen) atoms. The van der Waals surface area contributed by atoms with E-state index in [0.29, 0.717) is 6.61 Å². The lowest BCUT2D eigenvalue weighted by Crippen LogP contribution is -2.47. The topological polar surface area (TPSA) is 38.8 Å². The maximum absolute atomic E-state index is 12.9. The summed E-state index contributed by atoms with van der Waals surface area (Å²) in [5, 5.41) is 0. The average Bonchev–Trinajstić information content (AvgIpc) is 2.60. The zero-order valence-electron chi connectivity index (χ0n) is 13.9. The lowest BCUT2D eigenvalue weighted by Gasteiger charge is -2.36. The first-order valence-corrected chi connectivity index (χ1v) is 9.43. The van der Waals surface area contributed by atoms with Gasteiger partial charge >= 0.3 is 0 Å². The van der Waals surface area contributed by atoms with E-state index in [2.05, 4.69) is 13.0 Å². The normalized spacial score (nSPS) is 25.7. The Bertz CT molecular complexity index is 545. The summed E-state index contributed by atoms with van der Waals surface area (Å²) in [4.78, 5) is 16.0. The molecular weight excluding hydrogens is 310 g/mol. The molecule has 126 valence electrons. The van der Waals surface area contributed by atoms with Crippen molar-refractivity contribution in [2.75, 3.05) is 23.9 Å². The van der Waals surface area contributed by atoms with Crippen molar-refractivity contribution in [3.63, 3.8) is 0 Å². The summed E-state index contributed by atoms with van der Waals surface area (Å²) in [6.07, 6.45) is 3.04. The van der Waals surface area contributed by atoms with Crippen LogP contribution in [0.3, 0.4) is 0 Å². The van der Waals surface area contributed by atoms with E-state index in [-0.39, 0.29) is 18.1 Å². The van der Waals surface area contributed by atoms with Gasteiger partial charge in [-0.1, -0.05) is 12.1 Å². The third kappa shape index (κ3) is 3.90. The second kappa shape index (κ2) is 7.69. The molecule has 1 aromatic carbocycles. The minimum atomic E-state index is -0.445. The van der Waals surface area contributed by atoms with Crippen molar-refractivity contribution in [2.24, 2.45) is 0 Å². The molecule has 2 heterocycles. The molecule has 0 aliphatic carbocycles. The second-order valence-corrected chi connectivity index (χ2v) is 7.36. The van der Waals surface area contributed by atoms with Crippen molar-refractivity contribution in [3.8, 4) is 0 Å². The van der Waals surface area contributed by atoms with Crippen LogP contribution in [0.25, 0.3) is 0 Å². The highest BCUT2D eigenvalue weighted by Gasteiger charge is 2.32. The predicted octanol–water partition coefficient (Wildman–Crippen LogP) is 3.49. The second-order valence-electron chi connectivity index (χ2n) is 6.30. The van der Waals surface area contributed by atoms with Gasteiger partial charge < -0.3 is 14.4 Å². The summed E-state index contributed by atoms with van der Waals surface area (Å²) in [6.45, 7) is 5.26. The summed E-state index contributed by atoms with van der Waals surface area (Å²) in [5.74, 6) is 0.961. The molecule has 1 amide bonds. The lowest BCUT2D eigenvalue weighted by atomic mass is 10.1. The first-order valence-electron chi connectivity index (χ1n) is 8.45. The molecule has 1 saturated heterocycles. The maximum Gasteiger partial charge on any atom is 0.256 e. The van der Waals surface area contributed by atoms with Gasteiger partial charge in [0.1, 0.15) is 6.10 Å². The van der Waals surface area contributed by atoms with Crippen molar-refractivity contribution in [2.45, 2.75) is 56.3 Å². The number of para-hydroxylation sites is 1. The van der Waals surface area contributed by atoms with Gasteiger partial charge in [-0.3, -0.25) is 4.79 Å². The van der Waals surface area contributed by atoms with Crippen molar-refractivity contribution in [3.05, 3.63) is 24.3 Å². The lowest BCUT2D eigenvalue weighted by molar-refractivity contribution is -0.133. The van der Waals surface area contributed by atoms with E-state index in [9.17, 15) is 4.79 Å². The van der Waals surface area contributed by atoms with Gasteiger partial charge in [0.2, 0.25) is 0 Å². The van der Waals surface area contributed by atoms with Crippen molar-refractivity contribution in [1.29, 1.82) is 0 Å². The van der Waals surface area contributed by atoms with Gasteiger partial charge in [-0.15, -0.1) is 11.8 Å². The summed E-state index contributed by atoms with van der Waals surface area (Å²) in [5.41, 5.74) is 1.01. The van der Waals surface area contributed by atoms with Crippen LogP contribution in [-0.4, -0.2) is 43.1 Å². The number of amides is 1. The summed E-state index contributed by atoms with van der Waals surface area (Å²) < 4.78 is 11.5. The summed E-state index contributed by atoms with van der Waals surface area (Å²) >= 11 is 1.81. The van der Waals surface area contributed by atoms with Crippen LogP contribution in [0, 0.1) is 0 Å². The molecule has 0 radical (unpaired) electrons. The standard InChI is InChI=1S/C18H25NO3S/c1-13-12-23-17-9-4-3-8-16(17)19(13)18(20)14(2)22-11-15-7-5-6-10-21-15/h3-4,8-9,13-15H,5-7,10-12H2,1-2H3/t13-,14-,15-/m0/s1. The van der Waals surface area contributed by atoms with E-state index in [1.165, 1.54) is 11.3 Å². The Morgan fingerprint density at radius 3 is 3.04 bits per heavy atom. The van der Waals surface area contributed by atoms with Crippen LogP contribution in [0.2, 0.25) is 0 Å². The molecule has 1 fully saturated rings. The Morgan fingerprint density at radius 2 is 2.26 bits per heavy atom. The quantitative estimate of drug-likeness (QED) is 0.844. The van der Waals surface area contributed by atoms with E-state index < -0.39 is 6.10 Å². The van der Waals surface area contributed by atoms with Gasteiger partial charge in [-0.25, -0.2) is 0 Å². The van der Waals surface area contributed by atoms with Crippen LogP contribution < -0.4 is 4.90 Å². The molecule has 2 aliphatic rings. The van der Waals surface area contributed by atoms with Crippen LogP contribution in [-0.2, 0) is 14.3 Å². The van der Waals surface area contributed by atoms with Gasteiger partial charge in [0.25, 0.3) is 5.91 Å². The number of hydrogen-bond donors (Lipinski definition) is 0.